The van der Waals surface area contributed by atoms with E-state index in [1.165, 1.54) is 0 Å². The Balaban J connectivity index is 3.02. The van der Waals surface area contributed by atoms with Crippen LogP contribution in [0.5, 0.6) is 0 Å². The monoisotopic (exact) mass is 154 g/mol. The van der Waals surface area contributed by atoms with Crippen molar-refractivity contribution in [1.29, 1.82) is 0 Å². The Morgan fingerprint density at radius 3 is 2.00 bits per heavy atom. The normalized spacial score (nSPS) is 14.9. The number of hydrogen-bond donors (Lipinski definition) is 2. The molecule has 2 amide bonds. The summed E-state index contributed by atoms with van der Waals surface area (Å²) >= 11 is 0. The third-order valence-corrected chi connectivity index (χ3v) is 0.981. The third kappa shape index (κ3) is 1.16. The Kier molecular flexibility index (Phi) is 1.55. The number of hydrogen-bond acceptors (Lipinski definition) is 4. The van der Waals surface area contributed by atoms with E-state index >= 15 is 0 Å². The molecular formula is C4H4N5O2. The van der Waals surface area contributed by atoms with Crippen LogP contribution < -0.4 is 16.9 Å². The Morgan fingerprint density at radius 2 is 1.64 bits per heavy atom. The molecule has 0 bridgehead atoms. The van der Waals surface area contributed by atoms with Crippen LogP contribution in [-0.2, 0) is 9.59 Å². The number of nitrogens with zero attached hydrogens (tertiary/aromatic N) is 3. The van der Waals surface area contributed by atoms with Crippen LogP contribution in [0.2, 0.25) is 0 Å². The van der Waals surface area contributed by atoms with Gasteiger partial charge in [-0.2, -0.15) is 0 Å². The zero-order chi connectivity index (χ0) is 8.43. The maximum atomic E-state index is 10.5. The molecule has 0 aromatic rings. The molecule has 7 nitrogen and oxygen atoms in total. The largest absolute Gasteiger partial charge is 0.364 e. The predicted molar refractivity (Wildman–Crippen MR) is 32.4 cm³/mol. The minimum absolute atomic E-state index is 0.294. The average Bonchev–Trinajstić information content (AvgIpc) is 2.32. The third-order valence-electron chi connectivity index (χ3n) is 0.981. The SMILES string of the molecule is NC(=O)C1=C(C(N)=O)N=N[N]1. The van der Waals surface area contributed by atoms with E-state index in [9.17, 15) is 9.59 Å². The smallest absolute Gasteiger partial charge is 0.271 e. The molecular weight excluding hydrogens is 150 g/mol. The van der Waals surface area contributed by atoms with Crippen molar-refractivity contribution >= 4 is 11.8 Å². The topological polar surface area (TPSA) is 125 Å². The molecule has 0 spiro atoms. The lowest BCUT2D eigenvalue weighted by Crippen LogP contribution is -2.23. The van der Waals surface area contributed by atoms with Crippen LogP contribution in [0.25, 0.3) is 0 Å². The highest BCUT2D eigenvalue weighted by Gasteiger charge is 2.22. The first-order valence-corrected chi connectivity index (χ1v) is 2.58. The van der Waals surface area contributed by atoms with Crippen LogP contribution >= 0.6 is 0 Å². The fourth-order valence-electron chi connectivity index (χ4n) is 0.538. The van der Waals surface area contributed by atoms with E-state index < -0.39 is 11.8 Å². The molecule has 0 saturated carbocycles. The van der Waals surface area contributed by atoms with Gasteiger partial charge in [0.15, 0.2) is 11.4 Å². The maximum Gasteiger partial charge on any atom is 0.271 e. The molecule has 1 aliphatic heterocycles. The van der Waals surface area contributed by atoms with E-state index in [1.807, 2.05) is 0 Å². The maximum absolute atomic E-state index is 10.5. The Morgan fingerprint density at radius 1 is 1.09 bits per heavy atom. The average molecular weight is 154 g/mol. The van der Waals surface area contributed by atoms with Gasteiger partial charge in [0.05, 0.1) is 0 Å². The summed E-state index contributed by atoms with van der Waals surface area (Å²) < 4.78 is 0. The summed E-state index contributed by atoms with van der Waals surface area (Å²) in [6.07, 6.45) is 0. The fraction of sp³-hybridized carbons (Fsp3) is 0. The van der Waals surface area contributed by atoms with Crippen molar-refractivity contribution in [2.75, 3.05) is 0 Å². The van der Waals surface area contributed by atoms with Gasteiger partial charge in [-0.05, 0) is 5.22 Å². The van der Waals surface area contributed by atoms with Gasteiger partial charge in [0, 0.05) is 0 Å². The summed E-state index contributed by atoms with van der Waals surface area (Å²) in [5.74, 6) is -1.74. The van der Waals surface area contributed by atoms with Gasteiger partial charge < -0.3 is 11.5 Å². The van der Waals surface area contributed by atoms with E-state index in [1.54, 1.807) is 0 Å². The quantitative estimate of drug-likeness (QED) is 0.484. The summed E-state index contributed by atoms with van der Waals surface area (Å²) in [6, 6.07) is 0. The number of rotatable bonds is 2. The van der Waals surface area contributed by atoms with E-state index in [-0.39, 0.29) is 11.4 Å². The van der Waals surface area contributed by atoms with Gasteiger partial charge in [-0.25, -0.2) is 0 Å². The summed E-state index contributed by atoms with van der Waals surface area (Å²) in [7, 11) is 0. The Labute approximate surface area is 61.1 Å². The highest BCUT2D eigenvalue weighted by molar-refractivity contribution is 6.03. The summed E-state index contributed by atoms with van der Waals surface area (Å²) in [5, 5.41) is 6.26. The first kappa shape index (κ1) is 7.19. The number of nitrogens with two attached hydrogens (primary N) is 2. The number of amides is 2. The van der Waals surface area contributed by atoms with Crippen molar-refractivity contribution in [2.24, 2.45) is 21.8 Å². The van der Waals surface area contributed by atoms with Gasteiger partial charge in [-0.1, -0.05) is 0 Å². The fourth-order valence-corrected chi connectivity index (χ4v) is 0.538. The van der Waals surface area contributed by atoms with E-state index in [0.717, 1.165) is 0 Å². The van der Waals surface area contributed by atoms with Gasteiger partial charge in [0.1, 0.15) is 0 Å². The van der Waals surface area contributed by atoms with Crippen LogP contribution in [0, 0.1) is 0 Å². The van der Waals surface area contributed by atoms with Crippen LogP contribution in [0.3, 0.4) is 0 Å². The van der Waals surface area contributed by atoms with Gasteiger partial charge in [0.25, 0.3) is 11.8 Å². The first-order chi connectivity index (χ1) is 5.13. The summed E-state index contributed by atoms with van der Waals surface area (Å²) in [4.78, 5) is 20.9. The standard InChI is InChI=1S/C4H4N5O2/c5-3(10)1-2(4(6)11)8-9-7-1/h(H2,5,10)(H2,6,11). The second kappa shape index (κ2) is 2.37. The van der Waals surface area contributed by atoms with Gasteiger partial charge in [-0.3, -0.25) is 9.59 Å². The number of carbonyl (C=O) groups excluding carboxylic acids is 2. The van der Waals surface area contributed by atoms with Crippen LogP contribution in [-0.4, -0.2) is 11.8 Å². The lowest BCUT2D eigenvalue weighted by molar-refractivity contribution is -0.117. The first-order valence-electron chi connectivity index (χ1n) is 2.58. The summed E-state index contributed by atoms with van der Waals surface area (Å²) in [6.45, 7) is 0. The molecule has 0 atom stereocenters. The molecule has 1 aliphatic rings. The molecule has 1 rings (SSSR count). The van der Waals surface area contributed by atoms with Crippen molar-refractivity contribution in [1.82, 2.24) is 5.43 Å². The van der Waals surface area contributed by atoms with Crippen LogP contribution in [0.1, 0.15) is 0 Å². The second-order valence-corrected chi connectivity index (χ2v) is 1.72. The molecule has 0 aliphatic carbocycles. The lowest BCUT2D eigenvalue weighted by atomic mass is 10.3. The van der Waals surface area contributed by atoms with Crippen LogP contribution in [0.4, 0.5) is 0 Å². The molecule has 0 aromatic heterocycles. The molecule has 1 radical (unpaired) electrons. The Bertz CT molecular complexity index is 278. The van der Waals surface area contributed by atoms with Gasteiger partial charge >= 0.3 is 0 Å². The van der Waals surface area contributed by atoms with Crippen molar-refractivity contribution in [3.8, 4) is 0 Å². The zero-order valence-corrected chi connectivity index (χ0v) is 5.31. The zero-order valence-electron chi connectivity index (χ0n) is 5.31. The molecule has 7 heteroatoms. The lowest BCUT2D eigenvalue weighted by Gasteiger charge is -1.91. The molecule has 11 heavy (non-hydrogen) atoms. The van der Waals surface area contributed by atoms with Crippen molar-refractivity contribution < 1.29 is 9.59 Å². The molecule has 4 N–H and O–H groups in total. The van der Waals surface area contributed by atoms with Crippen molar-refractivity contribution in [2.45, 2.75) is 0 Å². The molecule has 57 valence electrons. The molecule has 1 heterocycles. The van der Waals surface area contributed by atoms with E-state index in [0.29, 0.717) is 0 Å². The molecule has 0 saturated heterocycles. The summed E-state index contributed by atoms with van der Waals surface area (Å²) in [5.41, 5.74) is 12.2. The molecule has 0 aromatic carbocycles. The highest BCUT2D eigenvalue weighted by atomic mass is 16.2. The predicted octanol–water partition coefficient (Wildman–Crippen LogP) is -1.85. The second-order valence-electron chi connectivity index (χ2n) is 1.72. The van der Waals surface area contributed by atoms with Crippen molar-refractivity contribution in [3.05, 3.63) is 11.4 Å². The minimum atomic E-state index is -0.871. The van der Waals surface area contributed by atoms with E-state index in [2.05, 4.69) is 15.8 Å². The van der Waals surface area contributed by atoms with Crippen LogP contribution in [0.15, 0.2) is 21.7 Å². The molecule has 0 unspecified atom stereocenters. The van der Waals surface area contributed by atoms with Crippen molar-refractivity contribution in [3.63, 3.8) is 0 Å². The molecule has 0 fully saturated rings. The number of carbonyl (C=O) groups is 2. The minimum Gasteiger partial charge on any atom is -0.364 e. The van der Waals surface area contributed by atoms with Gasteiger partial charge in [0.2, 0.25) is 0 Å². The number of primary amides is 2. The Hall–Kier alpha value is -1.92. The highest BCUT2D eigenvalue weighted by Crippen LogP contribution is 2.10. The van der Waals surface area contributed by atoms with E-state index in [4.69, 9.17) is 11.5 Å². The van der Waals surface area contributed by atoms with Gasteiger partial charge in [-0.15, -0.1) is 10.5 Å².